The minimum atomic E-state index is -0.378. The number of aromatic nitrogens is 1. The highest BCUT2D eigenvalue weighted by Gasteiger charge is 2.21. The maximum atomic E-state index is 12.3. The number of hydrogen-bond donors (Lipinski definition) is 2. The number of hydrogen-bond acceptors (Lipinski definition) is 5. The van der Waals surface area contributed by atoms with Gasteiger partial charge in [-0.1, -0.05) is 12.1 Å². The van der Waals surface area contributed by atoms with Crippen LogP contribution < -0.4 is 10.6 Å². The minimum Gasteiger partial charge on any atom is -0.463 e. The largest absolute Gasteiger partial charge is 0.463 e. The average Bonchev–Trinajstić information content (AvgIpc) is 3.46. The normalized spacial score (nSPS) is 13.4. The zero-order valence-corrected chi connectivity index (χ0v) is 14.6. The van der Waals surface area contributed by atoms with Gasteiger partial charge in [-0.25, -0.2) is 9.78 Å². The molecule has 1 amide bonds. The number of esters is 1. The lowest BCUT2D eigenvalue weighted by molar-refractivity contribution is -0.137. The van der Waals surface area contributed by atoms with Gasteiger partial charge in [0, 0.05) is 24.0 Å². The van der Waals surface area contributed by atoms with E-state index < -0.39 is 0 Å². The zero-order chi connectivity index (χ0) is 18.4. The fraction of sp³-hybridized carbons (Fsp3) is 0.250. The molecular formula is C20H21N3O3. The maximum absolute atomic E-state index is 12.3. The summed E-state index contributed by atoms with van der Waals surface area (Å²) < 4.78 is 4.83. The number of pyridine rings is 1. The lowest BCUT2D eigenvalue weighted by atomic mass is 10.2. The molecule has 0 bridgehead atoms. The van der Waals surface area contributed by atoms with Crippen molar-refractivity contribution in [2.45, 2.75) is 25.8 Å². The molecule has 0 atom stereocenters. The maximum Gasteiger partial charge on any atom is 0.330 e. The zero-order valence-electron chi connectivity index (χ0n) is 14.6. The van der Waals surface area contributed by atoms with Crippen LogP contribution in [-0.2, 0) is 9.53 Å². The summed E-state index contributed by atoms with van der Waals surface area (Å²) in [6, 6.07) is 11.3. The molecule has 0 spiro atoms. The summed E-state index contributed by atoms with van der Waals surface area (Å²) in [5, 5.41) is 6.11. The molecule has 2 aromatic rings. The van der Waals surface area contributed by atoms with E-state index in [1.165, 1.54) is 18.9 Å². The minimum absolute atomic E-state index is 0.217. The van der Waals surface area contributed by atoms with E-state index in [0.717, 1.165) is 11.4 Å². The third kappa shape index (κ3) is 5.17. The molecule has 1 aliphatic carbocycles. The molecule has 1 heterocycles. The van der Waals surface area contributed by atoms with Crippen LogP contribution in [0.5, 0.6) is 0 Å². The van der Waals surface area contributed by atoms with Gasteiger partial charge in [-0.05, 0) is 55.7 Å². The molecule has 0 saturated heterocycles. The molecule has 6 heteroatoms. The van der Waals surface area contributed by atoms with Gasteiger partial charge >= 0.3 is 5.97 Å². The van der Waals surface area contributed by atoms with Crippen LogP contribution >= 0.6 is 0 Å². The van der Waals surface area contributed by atoms with Gasteiger partial charge in [-0.2, -0.15) is 0 Å². The van der Waals surface area contributed by atoms with E-state index in [2.05, 4.69) is 15.6 Å². The standard InChI is InChI=1S/C20H21N3O3/c1-2-26-19(24)12-5-14-3-7-17(8-4-14)23-20(25)15-6-11-18(21-13-15)22-16-9-10-16/h3-8,11-13,16H,2,9-10H2,1H3,(H,21,22)(H,23,25)/b12-5+. The third-order valence-corrected chi connectivity index (χ3v) is 3.82. The van der Waals surface area contributed by atoms with E-state index in [1.54, 1.807) is 37.4 Å². The molecular weight excluding hydrogens is 330 g/mol. The second-order valence-electron chi connectivity index (χ2n) is 6.01. The smallest absolute Gasteiger partial charge is 0.330 e. The molecule has 1 fully saturated rings. The van der Waals surface area contributed by atoms with Crippen LogP contribution in [0.2, 0.25) is 0 Å². The highest BCUT2D eigenvalue weighted by atomic mass is 16.5. The topological polar surface area (TPSA) is 80.3 Å². The summed E-state index contributed by atoms with van der Waals surface area (Å²) in [4.78, 5) is 27.8. The summed E-state index contributed by atoms with van der Waals surface area (Å²) in [5.41, 5.74) is 2.01. The average molecular weight is 351 g/mol. The first-order valence-electron chi connectivity index (χ1n) is 8.63. The van der Waals surface area contributed by atoms with E-state index in [0.29, 0.717) is 23.9 Å². The van der Waals surface area contributed by atoms with Gasteiger partial charge in [-0.15, -0.1) is 0 Å². The van der Waals surface area contributed by atoms with Crippen molar-refractivity contribution in [1.29, 1.82) is 0 Å². The number of carbonyl (C=O) groups is 2. The quantitative estimate of drug-likeness (QED) is 0.590. The van der Waals surface area contributed by atoms with Crippen molar-refractivity contribution >= 4 is 29.5 Å². The van der Waals surface area contributed by atoms with Crippen molar-refractivity contribution in [3.63, 3.8) is 0 Å². The van der Waals surface area contributed by atoms with Crippen LogP contribution in [-0.4, -0.2) is 29.5 Å². The first-order chi connectivity index (χ1) is 12.6. The molecule has 1 aromatic carbocycles. The number of nitrogens with one attached hydrogen (secondary N) is 2. The van der Waals surface area contributed by atoms with Crippen LogP contribution in [0, 0.1) is 0 Å². The number of carbonyl (C=O) groups excluding carboxylic acids is 2. The Labute approximate surface area is 152 Å². The SMILES string of the molecule is CCOC(=O)/C=C/c1ccc(NC(=O)c2ccc(NC3CC3)nc2)cc1. The fourth-order valence-corrected chi connectivity index (χ4v) is 2.29. The fourth-order valence-electron chi connectivity index (χ4n) is 2.29. The van der Waals surface area contributed by atoms with E-state index in [1.807, 2.05) is 18.2 Å². The Hall–Kier alpha value is -3.15. The second-order valence-corrected chi connectivity index (χ2v) is 6.01. The molecule has 6 nitrogen and oxygen atoms in total. The summed E-state index contributed by atoms with van der Waals surface area (Å²) in [6.07, 6.45) is 6.96. The number of rotatable bonds is 7. The van der Waals surface area contributed by atoms with Gasteiger partial charge in [0.25, 0.3) is 5.91 Å². The highest BCUT2D eigenvalue weighted by molar-refractivity contribution is 6.04. The molecule has 0 aliphatic heterocycles. The third-order valence-electron chi connectivity index (χ3n) is 3.82. The lowest BCUT2D eigenvalue weighted by Crippen LogP contribution is -2.12. The Balaban J connectivity index is 1.56. The number of nitrogens with zero attached hydrogens (tertiary/aromatic N) is 1. The molecule has 0 radical (unpaired) electrons. The Morgan fingerprint density at radius 1 is 1.19 bits per heavy atom. The predicted octanol–water partition coefficient (Wildman–Crippen LogP) is 3.48. The number of benzene rings is 1. The monoisotopic (exact) mass is 351 g/mol. The molecule has 2 N–H and O–H groups in total. The second kappa shape index (κ2) is 8.29. The van der Waals surface area contributed by atoms with Gasteiger partial charge in [0.2, 0.25) is 0 Å². The Kier molecular flexibility index (Phi) is 5.63. The molecule has 1 aliphatic rings. The van der Waals surface area contributed by atoms with Crippen LogP contribution in [0.25, 0.3) is 6.08 Å². The molecule has 26 heavy (non-hydrogen) atoms. The molecule has 1 aromatic heterocycles. The highest BCUT2D eigenvalue weighted by Crippen LogP contribution is 2.23. The van der Waals surface area contributed by atoms with E-state index in [9.17, 15) is 9.59 Å². The van der Waals surface area contributed by atoms with Crippen molar-refractivity contribution < 1.29 is 14.3 Å². The van der Waals surface area contributed by atoms with E-state index in [-0.39, 0.29) is 11.9 Å². The number of amides is 1. The summed E-state index contributed by atoms with van der Waals surface area (Å²) in [5.74, 6) is 0.198. The first kappa shape index (κ1) is 17.7. The van der Waals surface area contributed by atoms with Crippen LogP contribution in [0.1, 0.15) is 35.7 Å². The van der Waals surface area contributed by atoms with Crippen LogP contribution in [0.15, 0.2) is 48.7 Å². The van der Waals surface area contributed by atoms with E-state index in [4.69, 9.17) is 4.74 Å². The van der Waals surface area contributed by atoms with Gasteiger partial charge in [0.15, 0.2) is 0 Å². The molecule has 0 unspecified atom stereocenters. The van der Waals surface area contributed by atoms with Crippen molar-refractivity contribution in [3.05, 3.63) is 59.8 Å². The van der Waals surface area contributed by atoms with Crippen LogP contribution in [0.3, 0.4) is 0 Å². The van der Waals surface area contributed by atoms with Gasteiger partial charge in [0.05, 0.1) is 12.2 Å². The van der Waals surface area contributed by atoms with Gasteiger partial charge in [0.1, 0.15) is 5.82 Å². The summed E-state index contributed by atoms with van der Waals surface area (Å²) in [6.45, 7) is 2.11. The summed E-state index contributed by atoms with van der Waals surface area (Å²) >= 11 is 0. The van der Waals surface area contributed by atoms with Gasteiger partial charge in [-0.3, -0.25) is 4.79 Å². The van der Waals surface area contributed by atoms with Gasteiger partial charge < -0.3 is 15.4 Å². The Morgan fingerprint density at radius 3 is 2.58 bits per heavy atom. The van der Waals surface area contributed by atoms with E-state index >= 15 is 0 Å². The van der Waals surface area contributed by atoms with Crippen molar-refractivity contribution in [3.8, 4) is 0 Å². The number of ether oxygens (including phenoxy) is 1. The molecule has 134 valence electrons. The molecule has 3 rings (SSSR count). The Bertz CT molecular complexity index is 794. The Morgan fingerprint density at radius 2 is 1.96 bits per heavy atom. The predicted molar refractivity (Wildman–Crippen MR) is 101 cm³/mol. The van der Waals surface area contributed by atoms with Crippen molar-refractivity contribution in [2.24, 2.45) is 0 Å². The van der Waals surface area contributed by atoms with Crippen molar-refractivity contribution in [2.75, 3.05) is 17.2 Å². The first-order valence-corrected chi connectivity index (χ1v) is 8.63. The summed E-state index contributed by atoms with van der Waals surface area (Å²) in [7, 11) is 0. The number of anilines is 2. The van der Waals surface area contributed by atoms with Crippen molar-refractivity contribution in [1.82, 2.24) is 4.98 Å². The molecule has 1 saturated carbocycles. The van der Waals surface area contributed by atoms with Crippen LogP contribution in [0.4, 0.5) is 11.5 Å². The lowest BCUT2D eigenvalue weighted by Gasteiger charge is -2.07.